The van der Waals surface area contributed by atoms with Crippen molar-refractivity contribution in [2.75, 3.05) is 14.2 Å². The summed E-state index contributed by atoms with van der Waals surface area (Å²) in [6.07, 6.45) is 0.000347. The number of aliphatic carboxylic acids is 1. The van der Waals surface area contributed by atoms with E-state index < -0.39 is 17.4 Å². The minimum absolute atomic E-state index is 0.0284. The fraction of sp³-hybridized carbons (Fsp3) is 0.261. The Bertz CT molecular complexity index is 1230. The van der Waals surface area contributed by atoms with Crippen molar-refractivity contribution in [2.45, 2.75) is 38.6 Å². The zero-order chi connectivity index (χ0) is 25.2. The van der Waals surface area contributed by atoms with E-state index >= 15 is 0 Å². The first-order chi connectivity index (χ1) is 16.0. The van der Waals surface area contributed by atoms with E-state index in [4.69, 9.17) is 46.0 Å². The van der Waals surface area contributed by atoms with Crippen molar-refractivity contribution < 1.29 is 19.5 Å². The molecule has 0 spiro atoms. The first-order valence-electron chi connectivity index (χ1n) is 10.2. The van der Waals surface area contributed by atoms with Crippen LogP contribution in [0.4, 0.5) is 17.1 Å². The van der Waals surface area contributed by atoms with E-state index in [-0.39, 0.29) is 40.9 Å². The average molecular weight is 519 g/mol. The van der Waals surface area contributed by atoms with Crippen LogP contribution in [0.2, 0.25) is 5.02 Å². The highest BCUT2D eigenvalue weighted by molar-refractivity contribution is 7.81. The quantitative estimate of drug-likeness (QED) is 0.411. The standard InChI is InChI=1S/C23H20Cl2N4O4S/c1-23(2)21(33)27(15-10-9-14(13-26)18(24)12-15)22(34)28(23)16-5-3-6-17(11-16)29(25)19(30)7-4-8-20(31)32/h3,5-6,9-12H,4,7-8H2,1-2H3,(H,31,32). The summed E-state index contributed by atoms with van der Waals surface area (Å²) in [5.74, 6) is -1.73. The molecule has 2 amide bonds. The molecule has 1 fully saturated rings. The molecule has 1 aliphatic heterocycles. The van der Waals surface area contributed by atoms with Crippen LogP contribution >= 0.6 is 35.6 Å². The lowest BCUT2D eigenvalue weighted by Crippen LogP contribution is -2.44. The van der Waals surface area contributed by atoms with E-state index in [1.165, 1.54) is 17.0 Å². The number of anilines is 3. The number of carboxylic acid groups (broad SMARTS) is 1. The fourth-order valence-electron chi connectivity index (χ4n) is 3.58. The van der Waals surface area contributed by atoms with Gasteiger partial charge < -0.3 is 10.0 Å². The molecule has 1 saturated heterocycles. The summed E-state index contributed by atoms with van der Waals surface area (Å²) < 4.78 is 0.928. The Labute approximate surface area is 212 Å². The minimum atomic E-state index is -1.07. The second-order valence-electron chi connectivity index (χ2n) is 8.04. The summed E-state index contributed by atoms with van der Waals surface area (Å²) in [5.41, 5.74) is 0.524. The molecule has 0 radical (unpaired) electrons. The summed E-state index contributed by atoms with van der Waals surface area (Å²) in [4.78, 5) is 39.4. The van der Waals surface area contributed by atoms with Crippen molar-refractivity contribution in [3.63, 3.8) is 0 Å². The van der Waals surface area contributed by atoms with Crippen molar-refractivity contribution in [3.05, 3.63) is 53.1 Å². The largest absolute Gasteiger partial charge is 0.481 e. The Kier molecular flexibility index (Phi) is 7.46. The van der Waals surface area contributed by atoms with Crippen molar-refractivity contribution in [1.29, 1.82) is 5.26 Å². The van der Waals surface area contributed by atoms with E-state index in [9.17, 15) is 14.4 Å². The summed E-state index contributed by atoms with van der Waals surface area (Å²) in [6.45, 7) is 3.43. The van der Waals surface area contributed by atoms with E-state index in [2.05, 4.69) is 0 Å². The number of carbonyl (C=O) groups is 3. The lowest BCUT2D eigenvalue weighted by atomic mass is 10.0. The molecule has 0 aliphatic carbocycles. The normalized spacial score (nSPS) is 14.8. The van der Waals surface area contributed by atoms with Crippen LogP contribution in [0.1, 0.15) is 38.7 Å². The Balaban J connectivity index is 1.91. The number of halogens is 2. The number of thiocarbonyl (C=S) groups is 1. The molecule has 3 rings (SSSR count). The Morgan fingerprint density at radius 3 is 2.50 bits per heavy atom. The molecule has 11 heteroatoms. The Morgan fingerprint density at radius 2 is 1.88 bits per heavy atom. The highest BCUT2D eigenvalue weighted by atomic mass is 35.5. The number of benzene rings is 2. The Hall–Kier alpha value is -3.19. The molecule has 1 N–H and O–H groups in total. The van der Waals surface area contributed by atoms with E-state index in [0.29, 0.717) is 17.1 Å². The van der Waals surface area contributed by atoms with Crippen molar-refractivity contribution >= 4 is 75.6 Å². The number of hydrogen-bond acceptors (Lipinski definition) is 5. The third kappa shape index (κ3) is 4.85. The molecule has 34 heavy (non-hydrogen) atoms. The topological polar surface area (TPSA) is 105 Å². The van der Waals surface area contributed by atoms with Crippen molar-refractivity contribution in [1.82, 2.24) is 0 Å². The van der Waals surface area contributed by atoms with Gasteiger partial charge in [-0.2, -0.15) is 5.26 Å². The molecule has 0 saturated carbocycles. The highest BCUT2D eigenvalue weighted by Gasteiger charge is 2.50. The molecular weight excluding hydrogens is 499 g/mol. The van der Waals surface area contributed by atoms with Gasteiger partial charge in [0.2, 0.25) is 5.91 Å². The van der Waals surface area contributed by atoms with Crippen molar-refractivity contribution in [3.8, 4) is 6.07 Å². The van der Waals surface area contributed by atoms with Crippen LogP contribution in [0.5, 0.6) is 0 Å². The van der Waals surface area contributed by atoms with E-state index in [1.807, 2.05) is 6.07 Å². The highest BCUT2D eigenvalue weighted by Crippen LogP contribution is 2.38. The fourth-order valence-corrected chi connectivity index (χ4v) is 4.51. The number of hydrogen-bond donors (Lipinski definition) is 1. The third-order valence-corrected chi connectivity index (χ3v) is 6.38. The molecule has 0 bridgehead atoms. The van der Waals surface area contributed by atoms with Crippen LogP contribution in [0.25, 0.3) is 0 Å². The second kappa shape index (κ2) is 9.97. The predicted molar refractivity (Wildman–Crippen MR) is 134 cm³/mol. The summed E-state index contributed by atoms with van der Waals surface area (Å²) in [5, 5.41) is 18.3. The van der Waals surface area contributed by atoms with Gasteiger partial charge in [0, 0.05) is 30.3 Å². The van der Waals surface area contributed by atoms with Gasteiger partial charge in [0.25, 0.3) is 5.91 Å². The van der Waals surface area contributed by atoms with E-state index in [0.717, 1.165) is 4.42 Å². The molecule has 0 aromatic heterocycles. The van der Waals surface area contributed by atoms with Gasteiger partial charge >= 0.3 is 5.97 Å². The molecule has 2 aromatic carbocycles. The van der Waals surface area contributed by atoms with Crippen LogP contribution in [-0.2, 0) is 14.4 Å². The first kappa shape index (κ1) is 25.4. The second-order valence-corrected chi connectivity index (χ2v) is 9.15. The number of nitriles is 1. The van der Waals surface area contributed by atoms with Gasteiger partial charge in [-0.1, -0.05) is 17.7 Å². The van der Waals surface area contributed by atoms with Gasteiger partial charge in [-0.15, -0.1) is 0 Å². The first-order valence-corrected chi connectivity index (χ1v) is 11.3. The van der Waals surface area contributed by atoms with Crippen LogP contribution in [-0.4, -0.2) is 33.5 Å². The molecule has 1 aliphatic rings. The number of carboxylic acids is 1. The maximum atomic E-state index is 13.3. The SMILES string of the molecule is CC1(C)C(=O)N(c2ccc(C#N)c(Cl)c2)C(=S)N1c1cccc(N(Cl)C(=O)CCCC(=O)O)c1. The number of carbonyl (C=O) groups excluding carboxylic acids is 2. The number of amides is 2. The Morgan fingerprint density at radius 1 is 1.18 bits per heavy atom. The third-order valence-electron chi connectivity index (χ3n) is 5.31. The number of nitrogens with zero attached hydrogens (tertiary/aromatic N) is 4. The molecule has 8 nitrogen and oxygen atoms in total. The molecule has 0 atom stereocenters. The minimum Gasteiger partial charge on any atom is -0.481 e. The zero-order valence-corrected chi connectivity index (χ0v) is 20.6. The van der Waals surface area contributed by atoms with Gasteiger partial charge in [0.05, 0.1) is 22.0 Å². The van der Waals surface area contributed by atoms with Crippen molar-refractivity contribution in [2.24, 2.45) is 0 Å². The average Bonchev–Trinajstić information content (AvgIpc) is 2.96. The maximum absolute atomic E-state index is 13.3. The van der Waals surface area contributed by atoms with Gasteiger partial charge in [-0.05, 0) is 68.9 Å². The van der Waals surface area contributed by atoms with Crippen LogP contribution in [0.15, 0.2) is 42.5 Å². The molecular formula is C23H20Cl2N4O4S. The van der Waals surface area contributed by atoms with E-state index in [1.54, 1.807) is 49.1 Å². The summed E-state index contributed by atoms with van der Waals surface area (Å²) in [7, 11) is 0. The van der Waals surface area contributed by atoms with Gasteiger partial charge in [-0.3, -0.25) is 19.3 Å². The van der Waals surface area contributed by atoms with Crippen LogP contribution in [0.3, 0.4) is 0 Å². The number of rotatable bonds is 7. The lowest BCUT2D eigenvalue weighted by molar-refractivity contribution is -0.137. The summed E-state index contributed by atoms with van der Waals surface area (Å²) in [6, 6.07) is 13.3. The van der Waals surface area contributed by atoms with Crippen LogP contribution in [0, 0.1) is 11.3 Å². The molecule has 1 heterocycles. The summed E-state index contributed by atoms with van der Waals surface area (Å²) >= 11 is 18.0. The predicted octanol–water partition coefficient (Wildman–Crippen LogP) is 4.87. The van der Waals surface area contributed by atoms with Crippen LogP contribution < -0.4 is 14.2 Å². The molecule has 0 unspecified atom stereocenters. The monoisotopic (exact) mass is 518 g/mol. The van der Waals surface area contributed by atoms with Gasteiger partial charge in [0.15, 0.2) is 5.11 Å². The molecule has 176 valence electrons. The maximum Gasteiger partial charge on any atom is 0.303 e. The van der Waals surface area contributed by atoms with Gasteiger partial charge in [-0.25, -0.2) is 4.42 Å². The smallest absolute Gasteiger partial charge is 0.303 e. The van der Waals surface area contributed by atoms with Gasteiger partial charge in [0.1, 0.15) is 11.6 Å². The lowest BCUT2D eigenvalue weighted by Gasteiger charge is -2.30. The zero-order valence-electron chi connectivity index (χ0n) is 18.3. The molecule has 2 aromatic rings.